The van der Waals surface area contributed by atoms with Crippen LogP contribution in [-0.4, -0.2) is 10.9 Å². The topological polar surface area (TPSA) is 55.1 Å². The highest BCUT2D eigenvalue weighted by Crippen LogP contribution is 2.05. The zero-order valence-electron chi connectivity index (χ0n) is 9.94. The van der Waals surface area contributed by atoms with Crippen LogP contribution in [0.4, 0.5) is 4.39 Å². The smallest absolute Gasteiger partial charge is 0.251 e. The molecule has 1 aromatic carbocycles. The highest BCUT2D eigenvalue weighted by molar-refractivity contribution is 5.93. The van der Waals surface area contributed by atoms with Crippen LogP contribution in [0.3, 0.4) is 0 Å². The van der Waals surface area contributed by atoms with Crippen LogP contribution in [-0.2, 0) is 13.0 Å². The number of hydrogen-bond acceptors (Lipinski definition) is 3. The number of benzene rings is 1. The van der Waals surface area contributed by atoms with Gasteiger partial charge in [-0.15, -0.1) is 0 Å². The Morgan fingerprint density at radius 1 is 1.39 bits per heavy atom. The molecule has 1 heterocycles. The zero-order chi connectivity index (χ0) is 13.0. The van der Waals surface area contributed by atoms with E-state index in [-0.39, 0.29) is 18.3 Å². The summed E-state index contributed by atoms with van der Waals surface area (Å²) in [5, 5.41) is 2.65. The molecule has 1 aromatic heterocycles. The second-order valence-corrected chi connectivity index (χ2v) is 3.76. The van der Waals surface area contributed by atoms with Crippen molar-refractivity contribution in [3.63, 3.8) is 0 Å². The molecule has 0 radical (unpaired) electrons. The molecule has 2 aromatic rings. The number of nitrogens with one attached hydrogen (secondary N) is 1. The largest absolute Gasteiger partial charge is 0.444 e. The van der Waals surface area contributed by atoms with Crippen LogP contribution in [0.1, 0.15) is 28.9 Å². The Hall–Kier alpha value is -2.17. The molecule has 1 amide bonds. The summed E-state index contributed by atoms with van der Waals surface area (Å²) in [6, 6.07) is 5.35. The summed E-state index contributed by atoms with van der Waals surface area (Å²) in [6.45, 7) is 2.18. The maximum atomic E-state index is 12.7. The summed E-state index contributed by atoms with van der Waals surface area (Å²) in [5.74, 6) is 0.585. The molecular weight excluding hydrogens is 235 g/mol. The van der Waals surface area contributed by atoms with Gasteiger partial charge in [0.25, 0.3) is 5.91 Å². The van der Waals surface area contributed by atoms with Crippen molar-refractivity contribution >= 4 is 5.91 Å². The Kier molecular flexibility index (Phi) is 3.72. The van der Waals surface area contributed by atoms with E-state index in [1.807, 2.05) is 6.92 Å². The number of carbonyl (C=O) groups is 1. The lowest BCUT2D eigenvalue weighted by Crippen LogP contribution is -2.22. The lowest BCUT2D eigenvalue weighted by Gasteiger charge is -2.02. The number of hydrogen-bond donors (Lipinski definition) is 1. The molecule has 0 bridgehead atoms. The number of halogens is 1. The van der Waals surface area contributed by atoms with Crippen LogP contribution >= 0.6 is 0 Å². The normalized spacial score (nSPS) is 10.3. The van der Waals surface area contributed by atoms with Gasteiger partial charge in [-0.3, -0.25) is 4.79 Å². The van der Waals surface area contributed by atoms with Crippen molar-refractivity contribution < 1.29 is 13.6 Å². The number of aryl methyl sites for hydroxylation is 1. The van der Waals surface area contributed by atoms with E-state index < -0.39 is 0 Å². The maximum absolute atomic E-state index is 12.7. The van der Waals surface area contributed by atoms with E-state index in [2.05, 4.69) is 10.3 Å². The molecule has 0 saturated heterocycles. The summed E-state index contributed by atoms with van der Waals surface area (Å²) in [5.41, 5.74) is 0.402. The van der Waals surface area contributed by atoms with Gasteiger partial charge in [0.05, 0.1) is 12.7 Å². The van der Waals surface area contributed by atoms with Gasteiger partial charge in [0, 0.05) is 12.0 Å². The first-order valence-corrected chi connectivity index (χ1v) is 5.66. The Morgan fingerprint density at radius 2 is 2.11 bits per heavy atom. The van der Waals surface area contributed by atoms with Crippen molar-refractivity contribution in [3.8, 4) is 0 Å². The molecule has 94 valence electrons. The molecular formula is C13H13FN2O2. The average Bonchev–Trinajstić information content (AvgIpc) is 2.85. The van der Waals surface area contributed by atoms with Gasteiger partial charge in [-0.25, -0.2) is 9.37 Å². The van der Waals surface area contributed by atoms with Crippen molar-refractivity contribution in [2.45, 2.75) is 19.9 Å². The molecule has 4 nitrogen and oxygen atoms in total. The molecule has 0 aliphatic rings. The summed E-state index contributed by atoms with van der Waals surface area (Å²) in [4.78, 5) is 15.7. The number of carbonyl (C=O) groups excluding carboxylic acids is 1. The molecule has 0 atom stereocenters. The third-order valence-corrected chi connectivity index (χ3v) is 2.46. The quantitative estimate of drug-likeness (QED) is 0.903. The molecule has 0 saturated carbocycles. The number of oxazole rings is 1. The first-order chi connectivity index (χ1) is 8.69. The Balaban J connectivity index is 1.93. The van der Waals surface area contributed by atoms with Crippen LogP contribution in [0, 0.1) is 5.82 Å². The molecule has 0 aliphatic heterocycles. The van der Waals surface area contributed by atoms with Crippen molar-refractivity contribution in [2.75, 3.05) is 0 Å². The van der Waals surface area contributed by atoms with E-state index in [0.29, 0.717) is 11.5 Å². The van der Waals surface area contributed by atoms with Crippen LogP contribution in [0.25, 0.3) is 0 Å². The summed E-state index contributed by atoms with van der Waals surface area (Å²) >= 11 is 0. The van der Waals surface area contributed by atoms with Crippen LogP contribution < -0.4 is 5.32 Å². The SMILES string of the molecule is CCc1cnc(CNC(=O)c2ccc(F)cc2)o1. The predicted molar refractivity (Wildman–Crippen MR) is 63.5 cm³/mol. The molecule has 0 spiro atoms. The Morgan fingerprint density at radius 3 is 2.72 bits per heavy atom. The van der Waals surface area contributed by atoms with Gasteiger partial charge in [-0.1, -0.05) is 6.92 Å². The van der Waals surface area contributed by atoms with Crippen molar-refractivity contribution in [2.24, 2.45) is 0 Å². The zero-order valence-corrected chi connectivity index (χ0v) is 9.94. The number of amides is 1. The number of rotatable bonds is 4. The highest BCUT2D eigenvalue weighted by atomic mass is 19.1. The number of aromatic nitrogens is 1. The third kappa shape index (κ3) is 2.94. The van der Waals surface area contributed by atoms with Gasteiger partial charge in [-0.2, -0.15) is 0 Å². The minimum atomic E-state index is -0.369. The van der Waals surface area contributed by atoms with Crippen LogP contribution in [0.15, 0.2) is 34.9 Å². The summed E-state index contributed by atoms with van der Waals surface area (Å²) < 4.78 is 18.0. The lowest BCUT2D eigenvalue weighted by molar-refractivity contribution is 0.0947. The van der Waals surface area contributed by atoms with Gasteiger partial charge in [0.1, 0.15) is 11.6 Å². The van der Waals surface area contributed by atoms with Gasteiger partial charge in [0.15, 0.2) is 0 Å². The number of nitrogens with zero attached hydrogens (tertiary/aromatic N) is 1. The molecule has 0 unspecified atom stereocenters. The molecule has 2 rings (SSSR count). The molecule has 18 heavy (non-hydrogen) atoms. The van der Waals surface area contributed by atoms with E-state index in [0.717, 1.165) is 12.2 Å². The van der Waals surface area contributed by atoms with E-state index in [4.69, 9.17) is 4.42 Å². The molecule has 0 aliphatic carbocycles. The lowest BCUT2D eigenvalue weighted by atomic mass is 10.2. The van der Waals surface area contributed by atoms with Crippen molar-refractivity contribution in [1.29, 1.82) is 0 Å². The molecule has 5 heteroatoms. The van der Waals surface area contributed by atoms with Gasteiger partial charge >= 0.3 is 0 Å². The maximum Gasteiger partial charge on any atom is 0.251 e. The molecule has 1 N–H and O–H groups in total. The monoisotopic (exact) mass is 248 g/mol. The fraction of sp³-hybridized carbons (Fsp3) is 0.231. The first kappa shape index (κ1) is 12.3. The van der Waals surface area contributed by atoms with Crippen LogP contribution in [0.5, 0.6) is 0 Å². The average molecular weight is 248 g/mol. The van der Waals surface area contributed by atoms with Crippen LogP contribution in [0.2, 0.25) is 0 Å². The highest BCUT2D eigenvalue weighted by Gasteiger charge is 2.07. The minimum Gasteiger partial charge on any atom is -0.444 e. The first-order valence-electron chi connectivity index (χ1n) is 5.66. The summed E-state index contributed by atoms with van der Waals surface area (Å²) in [7, 11) is 0. The minimum absolute atomic E-state index is 0.218. The predicted octanol–water partition coefficient (Wildman–Crippen LogP) is 2.31. The van der Waals surface area contributed by atoms with E-state index in [1.54, 1.807) is 6.20 Å². The standard InChI is InChI=1S/C13H13FN2O2/c1-2-11-7-15-12(18-11)8-16-13(17)9-3-5-10(14)6-4-9/h3-7H,2,8H2,1H3,(H,16,17). The summed E-state index contributed by atoms with van der Waals surface area (Å²) in [6.07, 6.45) is 2.40. The molecule has 0 fully saturated rings. The van der Waals surface area contributed by atoms with Gasteiger partial charge < -0.3 is 9.73 Å². The Labute approximate surface area is 104 Å². The van der Waals surface area contributed by atoms with Gasteiger partial charge in [0.2, 0.25) is 5.89 Å². The third-order valence-electron chi connectivity index (χ3n) is 2.46. The Bertz CT molecular complexity index is 534. The van der Waals surface area contributed by atoms with E-state index in [9.17, 15) is 9.18 Å². The van der Waals surface area contributed by atoms with Crippen molar-refractivity contribution in [1.82, 2.24) is 10.3 Å². The van der Waals surface area contributed by atoms with Crippen molar-refractivity contribution in [3.05, 3.63) is 53.5 Å². The van der Waals surface area contributed by atoms with Gasteiger partial charge in [-0.05, 0) is 24.3 Å². The van der Waals surface area contributed by atoms with E-state index >= 15 is 0 Å². The fourth-order valence-corrected chi connectivity index (χ4v) is 1.45. The van der Waals surface area contributed by atoms with E-state index in [1.165, 1.54) is 24.3 Å². The second kappa shape index (κ2) is 5.44. The second-order valence-electron chi connectivity index (χ2n) is 3.76. The fourth-order valence-electron chi connectivity index (χ4n) is 1.45.